The molecule has 1 aliphatic heterocycles. The zero-order chi connectivity index (χ0) is 15.3. The predicted octanol–water partition coefficient (Wildman–Crippen LogP) is 1.83. The Hall–Kier alpha value is -1.66. The molecular formula is C15H24N4O2. The van der Waals surface area contributed by atoms with Crippen molar-refractivity contribution in [2.75, 3.05) is 12.0 Å². The molecule has 1 aromatic rings. The molecule has 0 radical (unpaired) electrons. The number of ether oxygens (including phenoxy) is 1. The molecule has 21 heavy (non-hydrogen) atoms. The number of nitrogens with zero attached hydrogens (tertiary/aromatic N) is 1. The van der Waals surface area contributed by atoms with Gasteiger partial charge < -0.3 is 15.5 Å². The maximum Gasteiger partial charge on any atom is 0.255 e. The third-order valence-corrected chi connectivity index (χ3v) is 4.34. The third kappa shape index (κ3) is 3.51. The summed E-state index contributed by atoms with van der Waals surface area (Å²) in [5, 5.41) is 3.08. The van der Waals surface area contributed by atoms with Gasteiger partial charge in [-0.2, -0.15) is 0 Å². The molecule has 6 nitrogen and oxygen atoms in total. The van der Waals surface area contributed by atoms with Crippen molar-refractivity contribution < 1.29 is 9.53 Å². The Balaban J connectivity index is 2.05. The molecule has 0 spiro atoms. The molecule has 1 unspecified atom stereocenters. The van der Waals surface area contributed by atoms with Gasteiger partial charge in [0.25, 0.3) is 5.91 Å². The number of hydrogen-bond acceptors (Lipinski definition) is 5. The molecule has 2 rings (SSSR count). The van der Waals surface area contributed by atoms with Gasteiger partial charge in [0.15, 0.2) is 0 Å². The summed E-state index contributed by atoms with van der Waals surface area (Å²) in [6, 6.07) is 1.80. The fraction of sp³-hybridized carbons (Fsp3) is 0.600. The predicted molar refractivity (Wildman–Crippen MR) is 81.8 cm³/mol. The van der Waals surface area contributed by atoms with E-state index in [0.717, 1.165) is 25.7 Å². The number of hydrogen-bond donors (Lipinski definition) is 3. The highest BCUT2D eigenvalue weighted by atomic mass is 16.5. The van der Waals surface area contributed by atoms with E-state index in [4.69, 9.17) is 10.6 Å². The van der Waals surface area contributed by atoms with Gasteiger partial charge in [-0.05, 0) is 31.7 Å². The quantitative estimate of drug-likeness (QED) is 0.569. The lowest BCUT2D eigenvalue weighted by atomic mass is 9.86. The number of carbonyl (C=O) groups excluding carboxylic acids is 1. The van der Waals surface area contributed by atoms with Gasteiger partial charge in [0, 0.05) is 25.0 Å². The first kappa shape index (κ1) is 15.7. The molecule has 1 aromatic heterocycles. The van der Waals surface area contributed by atoms with Gasteiger partial charge in [0.1, 0.15) is 0 Å². The fourth-order valence-electron chi connectivity index (χ4n) is 2.86. The van der Waals surface area contributed by atoms with Gasteiger partial charge in [-0.25, -0.2) is 0 Å². The van der Waals surface area contributed by atoms with Crippen molar-refractivity contribution in [3.8, 4) is 0 Å². The monoisotopic (exact) mass is 292 g/mol. The molecule has 4 N–H and O–H groups in total. The normalized spacial score (nSPS) is 20.8. The van der Waals surface area contributed by atoms with Crippen LogP contribution in [-0.2, 0) is 4.74 Å². The average molecular weight is 292 g/mol. The van der Waals surface area contributed by atoms with Crippen LogP contribution in [0.25, 0.3) is 0 Å². The minimum absolute atomic E-state index is 0.111. The molecule has 1 aliphatic rings. The molecule has 1 atom stereocenters. The number of nitrogen functional groups attached to an aromatic ring is 1. The van der Waals surface area contributed by atoms with Crippen LogP contribution in [0.1, 0.15) is 49.9 Å². The standard InChI is InChI=1S/C15H24N4O2/c1-3-15(4-2)9-11(6-8-21-15)18-14(20)12-10-17-7-5-13(12)19-16/h5,7,10-11H,3-4,6,8-9,16H2,1-2H3,(H,17,19)(H,18,20). The van der Waals surface area contributed by atoms with Crippen LogP contribution in [0, 0.1) is 0 Å². The Morgan fingerprint density at radius 1 is 1.52 bits per heavy atom. The molecule has 0 aromatic carbocycles. The summed E-state index contributed by atoms with van der Waals surface area (Å²) in [5.41, 5.74) is 3.45. The molecule has 0 bridgehead atoms. The first-order chi connectivity index (χ1) is 10.1. The van der Waals surface area contributed by atoms with E-state index in [1.165, 1.54) is 6.20 Å². The summed E-state index contributed by atoms with van der Waals surface area (Å²) in [4.78, 5) is 16.4. The highest BCUT2D eigenvalue weighted by molar-refractivity contribution is 5.99. The summed E-state index contributed by atoms with van der Waals surface area (Å²) in [5.74, 6) is 5.28. The van der Waals surface area contributed by atoms with E-state index in [1.807, 2.05) is 0 Å². The van der Waals surface area contributed by atoms with Crippen LogP contribution in [0.2, 0.25) is 0 Å². The van der Waals surface area contributed by atoms with Crippen molar-refractivity contribution in [3.63, 3.8) is 0 Å². The molecule has 1 fully saturated rings. The summed E-state index contributed by atoms with van der Waals surface area (Å²) in [7, 11) is 0. The van der Waals surface area contributed by atoms with Crippen molar-refractivity contribution in [3.05, 3.63) is 24.0 Å². The number of anilines is 1. The topological polar surface area (TPSA) is 89.3 Å². The van der Waals surface area contributed by atoms with Crippen LogP contribution >= 0.6 is 0 Å². The Morgan fingerprint density at radius 3 is 2.95 bits per heavy atom. The smallest absolute Gasteiger partial charge is 0.255 e. The second kappa shape index (κ2) is 6.87. The van der Waals surface area contributed by atoms with Crippen LogP contribution < -0.4 is 16.6 Å². The molecule has 0 aliphatic carbocycles. The second-order valence-corrected chi connectivity index (χ2v) is 5.47. The Morgan fingerprint density at radius 2 is 2.29 bits per heavy atom. The molecule has 2 heterocycles. The highest BCUT2D eigenvalue weighted by Crippen LogP contribution is 2.31. The number of nitrogens with two attached hydrogens (primary N) is 1. The number of rotatable bonds is 5. The SMILES string of the molecule is CCC1(CC)CC(NC(=O)c2cnccc2NN)CCO1. The van der Waals surface area contributed by atoms with E-state index in [0.29, 0.717) is 17.9 Å². The first-order valence-electron chi connectivity index (χ1n) is 7.49. The van der Waals surface area contributed by atoms with Crippen LogP contribution in [-0.4, -0.2) is 29.1 Å². The van der Waals surface area contributed by atoms with E-state index in [-0.39, 0.29) is 17.6 Å². The first-order valence-corrected chi connectivity index (χ1v) is 7.49. The molecule has 116 valence electrons. The summed E-state index contributed by atoms with van der Waals surface area (Å²) in [6.45, 7) is 4.94. The minimum atomic E-state index is -0.149. The van der Waals surface area contributed by atoms with Crippen molar-refractivity contribution in [1.82, 2.24) is 10.3 Å². The third-order valence-electron chi connectivity index (χ3n) is 4.34. The van der Waals surface area contributed by atoms with Gasteiger partial charge in [-0.15, -0.1) is 0 Å². The molecule has 1 saturated heterocycles. The zero-order valence-electron chi connectivity index (χ0n) is 12.7. The average Bonchev–Trinajstić information content (AvgIpc) is 2.54. The van der Waals surface area contributed by atoms with Gasteiger partial charge in [0.2, 0.25) is 0 Å². The van der Waals surface area contributed by atoms with Crippen LogP contribution in [0.4, 0.5) is 5.69 Å². The Kier molecular flexibility index (Phi) is 5.14. The van der Waals surface area contributed by atoms with E-state index in [2.05, 4.69) is 29.6 Å². The van der Waals surface area contributed by atoms with Crippen molar-refractivity contribution in [2.24, 2.45) is 5.84 Å². The van der Waals surface area contributed by atoms with Gasteiger partial charge in [0.05, 0.1) is 16.9 Å². The van der Waals surface area contributed by atoms with Crippen molar-refractivity contribution in [2.45, 2.75) is 51.2 Å². The minimum Gasteiger partial charge on any atom is -0.375 e. The largest absolute Gasteiger partial charge is 0.375 e. The number of nitrogens with one attached hydrogen (secondary N) is 2. The fourth-order valence-corrected chi connectivity index (χ4v) is 2.86. The lowest BCUT2D eigenvalue weighted by Crippen LogP contribution is -2.48. The van der Waals surface area contributed by atoms with Crippen LogP contribution in [0.15, 0.2) is 18.5 Å². The Labute approximate surface area is 125 Å². The maximum absolute atomic E-state index is 12.4. The molecular weight excluding hydrogens is 268 g/mol. The van der Waals surface area contributed by atoms with Gasteiger partial charge >= 0.3 is 0 Å². The molecule has 1 amide bonds. The summed E-state index contributed by atoms with van der Waals surface area (Å²) < 4.78 is 5.93. The van der Waals surface area contributed by atoms with Crippen LogP contribution in [0.3, 0.4) is 0 Å². The molecule has 6 heteroatoms. The van der Waals surface area contributed by atoms with Crippen LogP contribution in [0.5, 0.6) is 0 Å². The number of hydrazine groups is 1. The lowest BCUT2D eigenvalue weighted by molar-refractivity contribution is -0.0917. The van der Waals surface area contributed by atoms with E-state index in [9.17, 15) is 4.79 Å². The lowest BCUT2D eigenvalue weighted by Gasteiger charge is -2.40. The van der Waals surface area contributed by atoms with Crippen molar-refractivity contribution >= 4 is 11.6 Å². The number of pyridine rings is 1. The zero-order valence-corrected chi connectivity index (χ0v) is 12.7. The molecule has 0 saturated carbocycles. The Bertz CT molecular complexity index is 488. The summed E-state index contributed by atoms with van der Waals surface area (Å²) in [6.07, 6.45) is 6.71. The van der Waals surface area contributed by atoms with Gasteiger partial charge in [-0.3, -0.25) is 15.6 Å². The van der Waals surface area contributed by atoms with E-state index < -0.39 is 0 Å². The van der Waals surface area contributed by atoms with E-state index in [1.54, 1.807) is 12.3 Å². The highest BCUT2D eigenvalue weighted by Gasteiger charge is 2.35. The maximum atomic E-state index is 12.4. The summed E-state index contributed by atoms with van der Waals surface area (Å²) >= 11 is 0. The second-order valence-electron chi connectivity index (χ2n) is 5.47. The van der Waals surface area contributed by atoms with Gasteiger partial charge in [-0.1, -0.05) is 13.8 Å². The van der Waals surface area contributed by atoms with E-state index >= 15 is 0 Å². The van der Waals surface area contributed by atoms with Crippen molar-refractivity contribution in [1.29, 1.82) is 0 Å². The number of amides is 1. The number of carbonyl (C=O) groups is 1. The number of aromatic nitrogens is 1.